The summed E-state index contributed by atoms with van der Waals surface area (Å²) in [4.78, 5) is 12.2. The van der Waals surface area contributed by atoms with Crippen LogP contribution in [0.4, 0.5) is 5.69 Å². The molecule has 1 amide bonds. The number of thioether (sulfide) groups is 3. The number of carbonyl (C=O) groups excluding carboxylic acids is 1. The molecule has 1 saturated heterocycles. The molecule has 0 aliphatic carbocycles. The van der Waals surface area contributed by atoms with Crippen LogP contribution in [-0.2, 0) is 10.5 Å². The average molecular weight is 390 g/mol. The molecule has 132 valence electrons. The molecule has 1 aliphatic heterocycles. The third kappa shape index (κ3) is 6.01. The smallest absolute Gasteiger partial charge is 0.234 e. The summed E-state index contributed by atoms with van der Waals surface area (Å²) in [6, 6.07) is 16.8. The Morgan fingerprint density at radius 2 is 1.96 bits per heavy atom. The Morgan fingerprint density at radius 1 is 1.16 bits per heavy atom. The summed E-state index contributed by atoms with van der Waals surface area (Å²) in [5.41, 5.74) is 4.74. The first-order chi connectivity index (χ1) is 12.2. The average Bonchev–Trinajstić information content (AvgIpc) is 2.63. The predicted molar refractivity (Wildman–Crippen MR) is 115 cm³/mol. The SMILES string of the molecule is Cc1cccc(CSCC(=O)Nc2cccc(C3SCCCS3)c2)c1. The highest BCUT2D eigenvalue weighted by Crippen LogP contribution is 2.44. The molecule has 0 saturated carbocycles. The highest BCUT2D eigenvalue weighted by Gasteiger charge is 2.17. The first kappa shape index (κ1) is 18.7. The van der Waals surface area contributed by atoms with Crippen molar-refractivity contribution in [2.24, 2.45) is 0 Å². The third-order valence-corrected chi connectivity index (χ3v) is 7.87. The van der Waals surface area contributed by atoms with Gasteiger partial charge in [-0.3, -0.25) is 4.79 Å². The van der Waals surface area contributed by atoms with Crippen molar-refractivity contribution in [3.63, 3.8) is 0 Å². The topological polar surface area (TPSA) is 29.1 Å². The number of amides is 1. The minimum atomic E-state index is 0.0683. The van der Waals surface area contributed by atoms with Gasteiger partial charge in [0.25, 0.3) is 0 Å². The number of hydrogen-bond acceptors (Lipinski definition) is 4. The van der Waals surface area contributed by atoms with Crippen molar-refractivity contribution in [1.29, 1.82) is 0 Å². The first-order valence-electron chi connectivity index (χ1n) is 8.47. The minimum Gasteiger partial charge on any atom is -0.325 e. The van der Waals surface area contributed by atoms with E-state index < -0.39 is 0 Å². The Morgan fingerprint density at radius 3 is 2.76 bits per heavy atom. The van der Waals surface area contributed by atoms with Crippen LogP contribution in [0.3, 0.4) is 0 Å². The van der Waals surface area contributed by atoms with Crippen LogP contribution < -0.4 is 5.32 Å². The Balaban J connectivity index is 1.49. The molecule has 0 radical (unpaired) electrons. The second-order valence-electron chi connectivity index (χ2n) is 6.08. The van der Waals surface area contributed by atoms with Gasteiger partial charge >= 0.3 is 0 Å². The number of aryl methyl sites for hydroxylation is 1. The lowest BCUT2D eigenvalue weighted by atomic mass is 10.2. The molecular weight excluding hydrogens is 366 g/mol. The Labute approximate surface area is 162 Å². The van der Waals surface area contributed by atoms with Gasteiger partial charge in [-0.2, -0.15) is 0 Å². The lowest BCUT2D eigenvalue weighted by Crippen LogP contribution is -2.14. The van der Waals surface area contributed by atoms with E-state index in [0.29, 0.717) is 10.3 Å². The van der Waals surface area contributed by atoms with Crippen LogP contribution in [0.25, 0.3) is 0 Å². The van der Waals surface area contributed by atoms with Gasteiger partial charge in [-0.1, -0.05) is 42.0 Å². The van der Waals surface area contributed by atoms with Gasteiger partial charge in [-0.05, 0) is 48.1 Å². The van der Waals surface area contributed by atoms with E-state index in [2.05, 4.69) is 48.6 Å². The second-order valence-corrected chi connectivity index (χ2v) is 9.79. The van der Waals surface area contributed by atoms with Crippen LogP contribution in [-0.4, -0.2) is 23.2 Å². The maximum atomic E-state index is 12.2. The Bertz CT molecular complexity index is 714. The monoisotopic (exact) mass is 389 g/mol. The normalized spacial score (nSPS) is 15.1. The lowest BCUT2D eigenvalue weighted by molar-refractivity contribution is -0.113. The molecule has 2 aromatic rings. The van der Waals surface area contributed by atoms with Crippen molar-refractivity contribution in [3.05, 3.63) is 65.2 Å². The van der Waals surface area contributed by atoms with Gasteiger partial charge in [0.1, 0.15) is 0 Å². The number of anilines is 1. The fraction of sp³-hybridized carbons (Fsp3) is 0.350. The summed E-state index contributed by atoms with van der Waals surface area (Å²) in [6.07, 6.45) is 1.29. The standard InChI is InChI=1S/C20H23NOS3/c1-15-5-2-6-16(11-15)13-23-14-19(22)21-18-8-3-7-17(12-18)20-24-9-4-10-25-20/h2-3,5-8,11-12,20H,4,9-10,13-14H2,1H3,(H,21,22). The maximum absolute atomic E-state index is 12.2. The predicted octanol–water partition coefficient (Wildman–Crippen LogP) is 5.74. The summed E-state index contributed by atoms with van der Waals surface area (Å²) >= 11 is 5.66. The van der Waals surface area contributed by atoms with E-state index in [1.54, 1.807) is 11.8 Å². The quantitative estimate of drug-likeness (QED) is 0.682. The van der Waals surface area contributed by atoms with Gasteiger partial charge in [0.05, 0.1) is 10.3 Å². The third-order valence-electron chi connectivity index (χ3n) is 3.85. The summed E-state index contributed by atoms with van der Waals surface area (Å²) in [6.45, 7) is 2.09. The molecular formula is C20H23NOS3. The van der Waals surface area contributed by atoms with Crippen LogP contribution >= 0.6 is 35.3 Å². The zero-order chi connectivity index (χ0) is 17.5. The van der Waals surface area contributed by atoms with Crippen molar-refractivity contribution in [1.82, 2.24) is 0 Å². The van der Waals surface area contributed by atoms with E-state index in [0.717, 1.165) is 11.4 Å². The van der Waals surface area contributed by atoms with Crippen molar-refractivity contribution in [3.8, 4) is 0 Å². The molecule has 5 heteroatoms. The summed E-state index contributed by atoms with van der Waals surface area (Å²) < 4.78 is 0.501. The Hall–Kier alpha value is -1.04. The van der Waals surface area contributed by atoms with Gasteiger partial charge in [-0.15, -0.1) is 35.3 Å². The molecule has 1 heterocycles. The molecule has 3 rings (SSSR count). The summed E-state index contributed by atoms with van der Waals surface area (Å²) in [7, 11) is 0. The maximum Gasteiger partial charge on any atom is 0.234 e. The number of benzene rings is 2. The zero-order valence-corrected chi connectivity index (χ0v) is 16.8. The molecule has 1 fully saturated rings. The summed E-state index contributed by atoms with van der Waals surface area (Å²) in [5, 5.41) is 3.04. The van der Waals surface area contributed by atoms with Crippen molar-refractivity contribution < 1.29 is 4.79 Å². The molecule has 1 aliphatic rings. The van der Waals surface area contributed by atoms with Crippen LogP contribution in [0, 0.1) is 6.92 Å². The number of hydrogen-bond donors (Lipinski definition) is 1. The molecule has 0 unspecified atom stereocenters. The Kier molecular flexibility index (Phi) is 7.20. The van der Waals surface area contributed by atoms with Crippen LogP contribution in [0.15, 0.2) is 48.5 Å². The minimum absolute atomic E-state index is 0.0683. The fourth-order valence-corrected chi connectivity index (χ4v) is 6.35. The van der Waals surface area contributed by atoms with E-state index in [9.17, 15) is 4.79 Å². The van der Waals surface area contributed by atoms with Crippen molar-refractivity contribution in [2.75, 3.05) is 22.6 Å². The van der Waals surface area contributed by atoms with E-state index in [-0.39, 0.29) is 5.91 Å². The van der Waals surface area contributed by atoms with E-state index in [1.807, 2.05) is 35.7 Å². The second kappa shape index (κ2) is 9.60. The van der Waals surface area contributed by atoms with Crippen LogP contribution in [0.5, 0.6) is 0 Å². The highest BCUT2D eigenvalue weighted by atomic mass is 32.2. The molecule has 1 N–H and O–H groups in total. The van der Waals surface area contributed by atoms with Crippen LogP contribution in [0.1, 0.15) is 27.7 Å². The van der Waals surface area contributed by atoms with Gasteiger partial charge in [0.2, 0.25) is 5.91 Å². The fourth-order valence-electron chi connectivity index (χ4n) is 2.70. The van der Waals surface area contributed by atoms with E-state index in [4.69, 9.17) is 0 Å². The van der Waals surface area contributed by atoms with Gasteiger partial charge in [0.15, 0.2) is 0 Å². The molecule has 25 heavy (non-hydrogen) atoms. The number of carbonyl (C=O) groups is 1. The molecule has 0 bridgehead atoms. The van der Waals surface area contributed by atoms with Crippen molar-refractivity contribution in [2.45, 2.75) is 23.7 Å². The molecule has 2 aromatic carbocycles. The van der Waals surface area contributed by atoms with E-state index >= 15 is 0 Å². The van der Waals surface area contributed by atoms with Gasteiger partial charge < -0.3 is 5.32 Å². The number of nitrogens with one attached hydrogen (secondary N) is 1. The molecule has 2 nitrogen and oxygen atoms in total. The lowest BCUT2D eigenvalue weighted by Gasteiger charge is -2.21. The van der Waals surface area contributed by atoms with Gasteiger partial charge in [0, 0.05) is 11.4 Å². The van der Waals surface area contributed by atoms with E-state index in [1.165, 1.54) is 34.6 Å². The first-order valence-corrected chi connectivity index (χ1v) is 11.7. The van der Waals surface area contributed by atoms with Crippen molar-refractivity contribution >= 4 is 46.9 Å². The van der Waals surface area contributed by atoms with Gasteiger partial charge in [-0.25, -0.2) is 0 Å². The highest BCUT2D eigenvalue weighted by molar-refractivity contribution is 8.16. The number of rotatable bonds is 6. The summed E-state index contributed by atoms with van der Waals surface area (Å²) in [5.74, 6) is 3.86. The zero-order valence-electron chi connectivity index (χ0n) is 14.4. The molecule has 0 spiro atoms. The largest absolute Gasteiger partial charge is 0.325 e. The van der Waals surface area contributed by atoms with Crippen LogP contribution in [0.2, 0.25) is 0 Å². The molecule has 0 atom stereocenters. The molecule has 0 aromatic heterocycles.